The molecule has 80 valence electrons. The van der Waals surface area contributed by atoms with Crippen molar-refractivity contribution in [2.24, 2.45) is 5.73 Å². The highest BCUT2D eigenvalue weighted by Crippen LogP contribution is 2.17. The fourth-order valence-corrected chi connectivity index (χ4v) is 2.06. The predicted octanol–water partition coefficient (Wildman–Crippen LogP) is 2.29. The van der Waals surface area contributed by atoms with E-state index >= 15 is 0 Å². The van der Waals surface area contributed by atoms with Crippen LogP contribution in [0.1, 0.15) is 18.4 Å². The lowest BCUT2D eigenvalue weighted by Crippen LogP contribution is -2.19. The summed E-state index contributed by atoms with van der Waals surface area (Å²) in [5, 5.41) is 0. The molecule has 0 spiro atoms. The molecular formula is C11H14BrN3. The molecule has 2 N–H and O–H groups in total. The minimum absolute atomic E-state index is 0.133. The van der Waals surface area contributed by atoms with Crippen molar-refractivity contribution in [2.45, 2.75) is 26.3 Å². The van der Waals surface area contributed by atoms with Gasteiger partial charge in [0.25, 0.3) is 0 Å². The molecule has 15 heavy (non-hydrogen) atoms. The van der Waals surface area contributed by atoms with Gasteiger partial charge in [-0.1, -0.05) is 0 Å². The zero-order chi connectivity index (χ0) is 11.0. The van der Waals surface area contributed by atoms with Gasteiger partial charge in [-0.05, 0) is 41.9 Å². The quantitative estimate of drug-likeness (QED) is 0.908. The van der Waals surface area contributed by atoms with E-state index in [1.165, 1.54) is 0 Å². The number of halogens is 1. The molecule has 2 aromatic heterocycles. The second-order valence-corrected chi connectivity index (χ2v) is 4.81. The van der Waals surface area contributed by atoms with Crippen LogP contribution in [0.2, 0.25) is 0 Å². The molecule has 0 amide bonds. The molecular weight excluding hydrogens is 254 g/mol. The van der Waals surface area contributed by atoms with Crippen LogP contribution in [0.5, 0.6) is 0 Å². The van der Waals surface area contributed by atoms with Gasteiger partial charge in [0.15, 0.2) is 0 Å². The smallest absolute Gasteiger partial charge is 0.115 e. The molecule has 2 aromatic rings. The second-order valence-electron chi connectivity index (χ2n) is 3.90. The molecule has 1 unspecified atom stereocenters. The van der Waals surface area contributed by atoms with Crippen LogP contribution >= 0.6 is 15.9 Å². The molecule has 0 radical (unpaired) electrons. The maximum atomic E-state index is 5.80. The Morgan fingerprint density at radius 3 is 2.93 bits per heavy atom. The Kier molecular flexibility index (Phi) is 2.80. The van der Waals surface area contributed by atoms with E-state index in [2.05, 4.69) is 31.4 Å². The maximum Gasteiger partial charge on any atom is 0.115 e. The number of hydrogen-bond donors (Lipinski definition) is 1. The SMILES string of the molecule is Cc1nc(CC(C)N)n2cc(Br)ccc12. The number of imidazole rings is 1. The Bertz CT molecular complexity index is 488. The van der Waals surface area contributed by atoms with Crippen LogP contribution in [0.4, 0.5) is 0 Å². The van der Waals surface area contributed by atoms with Crippen LogP contribution in [0.3, 0.4) is 0 Å². The molecule has 4 heteroatoms. The Morgan fingerprint density at radius 1 is 1.53 bits per heavy atom. The summed E-state index contributed by atoms with van der Waals surface area (Å²) in [6.07, 6.45) is 2.83. The Balaban J connectivity index is 2.59. The summed E-state index contributed by atoms with van der Waals surface area (Å²) in [5.74, 6) is 1.03. The largest absolute Gasteiger partial charge is 0.328 e. The molecule has 0 aliphatic carbocycles. The van der Waals surface area contributed by atoms with Crippen LogP contribution in [0.15, 0.2) is 22.8 Å². The molecule has 2 heterocycles. The van der Waals surface area contributed by atoms with Gasteiger partial charge in [-0.2, -0.15) is 0 Å². The molecule has 0 saturated heterocycles. The van der Waals surface area contributed by atoms with Crippen LogP contribution in [0.25, 0.3) is 5.52 Å². The van der Waals surface area contributed by atoms with Gasteiger partial charge in [0, 0.05) is 23.1 Å². The van der Waals surface area contributed by atoms with E-state index in [-0.39, 0.29) is 6.04 Å². The van der Waals surface area contributed by atoms with Crippen molar-refractivity contribution in [3.63, 3.8) is 0 Å². The lowest BCUT2D eigenvalue weighted by molar-refractivity contribution is 0.699. The van der Waals surface area contributed by atoms with E-state index < -0.39 is 0 Å². The highest BCUT2D eigenvalue weighted by atomic mass is 79.9. The minimum atomic E-state index is 0.133. The summed E-state index contributed by atoms with van der Waals surface area (Å²) in [7, 11) is 0. The lowest BCUT2D eigenvalue weighted by atomic mass is 10.2. The van der Waals surface area contributed by atoms with Crippen LogP contribution in [-0.2, 0) is 6.42 Å². The first kappa shape index (κ1) is 10.6. The van der Waals surface area contributed by atoms with Gasteiger partial charge in [-0.15, -0.1) is 0 Å². The molecule has 0 fully saturated rings. The number of nitrogens with two attached hydrogens (primary N) is 1. The third-order valence-electron chi connectivity index (χ3n) is 2.36. The fourth-order valence-electron chi connectivity index (χ4n) is 1.72. The van der Waals surface area contributed by atoms with Gasteiger partial charge in [0.2, 0.25) is 0 Å². The van der Waals surface area contributed by atoms with E-state index in [0.717, 1.165) is 27.9 Å². The first-order chi connectivity index (χ1) is 7.08. The van der Waals surface area contributed by atoms with Crippen molar-refractivity contribution < 1.29 is 0 Å². The van der Waals surface area contributed by atoms with Crippen molar-refractivity contribution in [1.82, 2.24) is 9.38 Å². The van der Waals surface area contributed by atoms with Gasteiger partial charge >= 0.3 is 0 Å². The molecule has 2 rings (SSSR count). The van der Waals surface area contributed by atoms with E-state index in [9.17, 15) is 0 Å². The molecule has 0 saturated carbocycles. The van der Waals surface area contributed by atoms with Gasteiger partial charge in [-0.25, -0.2) is 4.98 Å². The topological polar surface area (TPSA) is 43.3 Å². The average Bonchev–Trinajstić information content (AvgIpc) is 2.42. The summed E-state index contributed by atoms with van der Waals surface area (Å²) in [6, 6.07) is 4.23. The van der Waals surface area contributed by atoms with Crippen molar-refractivity contribution in [1.29, 1.82) is 0 Å². The summed E-state index contributed by atoms with van der Waals surface area (Å²) in [4.78, 5) is 4.53. The van der Waals surface area contributed by atoms with Crippen LogP contribution < -0.4 is 5.73 Å². The fraction of sp³-hybridized carbons (Fsp3) is 0.364. The van der Waals surface area contributed by atoms with Crippen LogP contribution in [-0.4, -0.2) is 15.4 Å². The summed E-state index contributed by atoms with van der Waals surface area (Å²) in [5.41, 5.74) is 8.00. The Hall–Kier alpha value is -0.870. The van der Waals surface area contributed by atoms with Crippen molar-refractivity contribution in [2.75, 3.05) is 0 Å². The zero-order valence-corrected chi connectivity index (χ0v) is 10.5. The summed E-state index contributed by atoms with van der Waals surface area (Å²) >= 11 is 3.46. The number of aromatic nitrogens is 2. The third kappa shape index (κ3) is 2.06. The molecule has 0 bridgehead atoms. The first-order valence-electron chi connectivity index (χ1n) is 4.96. The highest BCUT2D eigenvalue weighted by molar-refractivity contribution is 9.10. The van der Waals surface area contributed by atoms with E-state index in [0.29, 0.717) is 0 Å². The number of pyridine rings is 1. The number of aryl methyl sites for hydroxylation is 1. The second kappa shape index (κ2) is 3.94. The van der Waals surface area contributed by atoms with Crippen molar-refractivity contribution >= 4 is 21.4 Å². The predicted molar refractivity (Wildman–Crippen MR) is 65.0 cm³/mol. The minimum Gasteiger partial charge on any atom is -0.328 e. The third-order valence-corrected chi connectivity index (χ3v) is 2.83. The Morgan fingerprint density at radius 2 is 2.27 bits per heavy atom. The van der Waals surface area contributed by atoms with E-state index in [4.69, 9.17) is 5.73 Å². The Labute approximate surface area is 97.4 Å². The average molecular weight is 268 g/mol. The number of nitrogens with zero attached hydrogens (tertiary/aromatic N) is 2. The van der Waals surface area contributed by atoms with Crippen molar-refractivity contribution in [3.05, 3.63) is 34.3 Å². The molecule has 0 aromatic carbocycles. The molecule has 0 aliphatic heterocycles. The van der Waals surface area contributed by atoms with Gasteiger partial charge in [0.1, 0.15) is 5.82 Å². The summed E-state index contributed by atoms with van der Waals surface area (Å²) < 4.78 is 3.15. The van der Waals surface area contributed by atoms with Gasteiger partial charge in [0.05, 0.1) is 11.2 Å². The van der Waals surface area contributed by atoms with Crippen LogP contribution in [0, 0.1) is 6.92 Å². The molecule has 1 atom stereocenters. The maximum absolute atomic E-state index is 5.80. The monoisotopic (exact) mass is 267 g/mol. The standard InChI is InChI=1S/C11H14BrN3/c1-7(13)5-11-14-8(2)10-4-3-9(12)6-15(10)11/h3-4,6-7H,5,13H2,1-2H3. The van der Waals surface area contributed by atoms with Crippen molar-refractivity contribution in [3.8, 4) is 0 Å². The van der Waals surface area contributed by atoms with Gasteiger partial charge < -0.3 is 10.1 Å². The van der Waals surface area contributed by atoms with Gasteiger partial charge in [-0.3, -0.25) is 0 Å². The molecule has 0 aliphatic rings. The van der Waals surface area contributed by atoms with E-state index in [1.54, 1.807) is 0 Å². The normalized spacial score (nSPS) is 13.3. The zero-order valence-electron chi connectivity index (χ0n) is 8.87. The number of rotatable bonds is 2. The first-order valence-corrected chi connectivity index (χ1v) is 5.76. The number of fused-ring (bicyclic) bond motifs is 1. The lowest BCUT2D eigenvalue weighted by Gasteiger charge is -2.04. The van der Waals surface area contributed by atoms with E-state index in [1.807, 2.05) is 26.1 Å². The number of hydrogen-bond acceptors (Lipinski definition) is 2. The summed E-state index contributed by atoms with van der Waals surface area (Å²) in [6.45, 7) is 4.02. The highest BCUT2D eigenvalue weighted by Gasteiger charge is 2.09. The molecule has 3 nitrogen and oxygen atoms in total.